The van der Waals surface area contributed by atoms with Crippen LogP contribution in [0.1, 0.15) is 24.6 Å². The third-order valence-electron chi connectivity index (χ3n) is 2.36. The van der Waals surface area contributed by atoms with E-state index in [0.29, 0.717) is 24.9 Å². The van der Waals surface area contributed by atoms with Gasteiger partial charge in [-0.3, -0.25) is 0 Å². The summed E-state index contributed by atoms with van der Waals surface area (Å²) in [5.74, 6) is 3.40. The van der Waals surface area contributed by atoms with Gasteiger partial charge in [0.15, 0.2) is 5.82 Å². The Hall–Kier alpha value is -0.590. The molecule has 1 aromatic heterocycles. The van der Waals surface area contributed by atoms with Gasteiger partial charge in [-0.05, 0) is 6.92 Å². The van der Waals surface area contributed by atoms with Crippen molar-refractivity contribution in [2.45, 2.75) is 25.5 Å². The summed E-state index contributed by atoms with van der Waals surface area (Å²) >= 11 is 1.83. The van der Waals surface area contributed by atoms with Crippen molar-refractivity contribution in [2.75, 3.05) is 18.1 Å². The van der Waals surface area contributed by atoms with Gasteiger partial charge in [0.25, 0.3) is 0 Å². The molecule has 1 aliphatic rings. The molecular weight excluding hydrogens is 214 g/mol. The van der Waals surface area contributed by atoms with Crippen LogP contribution in [0.25, 0.3) is 0 Å². The van der Waals surface area contributed by atoms with Crippen molar-refractivity contribution in [3.63, 3.8) is 0 Å². The van der Waals surface area contributed by atoms with Crippen molar-refractivity contribution in [2.24, 2.45) is 5.73 Å². The second-order valence-corrected chi connectivity index (χ2v) is 4.57. The minimum absolute atomic E-state index is 0.135. The summed E-state index contributed by atoms with van der Waals surface area (Å²) in [4.78, 5) is 4.28. The molecule has 0 spiro atoms. The molecule has 1 aliphatic heterocycles. The molecule has 1 aromatic rings. The van der Waals surface area contributed by atoms with Crippen LogP contribution in [0.5, 0.6) is 0 Å². The number of hydrogen-bond donors (Lipinski definition) is 1. The fraction of sp³-hybridized carbons (Fsp3) is 0.778. The predicted molar refractivity (Wildman–Crippen MR) is 57.7 cm³/mol. The highest BCUT2D eigenvalue weighted by molar-refractivity contribution is 7.99. The van der Waals surface area contributed by atoms with E-state index < -0.39 is 0 Å². The normalized spacial score (nSPS) is 26.0. The van der Waals surface area contributed by atoms with E-state index in [0.717, 1.165) is 11.5 Å². The standard InChI is InChI=1S/C9H15N3O2S/c1-2-13-3-8-11-9(14-12-8)6-4-15-5-7(6)10/h6-7H,2-5,10H2,1H3. The van der Waals surface area contributed by atoms with Crippen molar-refractivity contribution in [3.8, 4) is 0 Å². The number of thioether (sulfide) groups is 1. The first-order chi connectivity index (χ1) is 7.31. The fourth-order valence-corrected chi connectivity index (χ4v) is 2.78. The molecule has 2 unspecified atom stereocenters. The molecule has 2 heterocycles. The third kappa shape index (κ3) is 2.50. The number of rotatable bonds is 4. The lowest BCUT2D eigenvalue weighted by Crippen LogP contribution is -2.26. The van der Waals surface area contributed by atoms with Gasteiger partial charge in [0.05, 0.1) is 5.92 Å². The number of aromatic nitrogens is 2. The maximum Gasteiger partial charge on any atom is 0.232 e. The maximum atomic E-state index is 5.94. The SMILES string of the molecule is CCOCc1noc(C2CSCC2N)n1. The highest BCUT2D eigenvalue weighted by Gasteiger charge is 2.30. The summed E-state index contributed by atoms with van der Waals surface area (Å²) in [6.45, 7) is 3.00. The summed E-state index contributed by atoms with van der Waals surface area (Å²) in [6, 6.07) is 0.135. The van der Waals surface area contributed by atoms with E-state index in [9.17, 15) is 0 Å². The van der Waals surface area contributed by atoms with E-state index in [1.807, 2.05) is 18.7 Å². The average molecular weight is 229 g/mol. The summed E-state index contributed by atoms with van der Waals surface area (Å²) in [7, 11) is 0. The molecule has 2 N–H and O–H groups in total. The van der Waals surface area contributed by atoms with E-state index in [4.69, 9.17) is 15.0 Å². The van der Waals surface area contributed by atoms with Crippen LogP contribution >= 0.6 is 11.8 Å². The maximum absolute atomic E-state index is 5.94. The first kappa shape index (κ1) is 10.9. The second kappa shape index (κ2) is 4.96. The Labute approximate surface area is 92.7 Å². The van der Waals surface area contributed by atoms with Gasteiger partial charge >= 0.3 is 0 Å². The van der Waals surface area contributed by atoms with Crippen LogP contribution in [-0.4, -0.2) is 34.3 Å². The zero-order valence-corrected chi connectivity index (χ0v) is 9.50. The third-order valence-corrected chi connectivity index (χ3v) is 3.58. The van der Waals surface area contributed by atoms with Crippen molar-refractivity contribution in [1.82, 2.24) is 10.1 Å². The van der Waals surface area contributed by atoms with Crippen LogP contribution in [0.15, 0.2) is 4.52 Å². The van der Waals surface area contributed by atoms with Gasteiger partial charge < -0.3 is 15.0 Å². The zero-order valence-electron chi connectivity index (χ0n) is 8.68. The number of ether oxygens (including phenoxy) is 1. The Morgan fingerprint density at radius 3 is 3.13 bits per heavy atom. The molecule has 15 heavy (non-hydrogen) atoms. The second-order valence-electron chi connectivity index (χ2n) is 3.49. The Morgan fingerprint density at radius 2 is 2.47 bits per heavy atom. The first-order valence-corrected chi connectivity index (χ1v) is 6.20. The minimum atomic E-state index is 0.135. The average Bonchev–Trinajstić information content (AvgIpc) is 2.83. The predicted octanol–water partition coefficient (Wildman–Crippen LogP) is 0.764. The number of nitrogens with two attached hydrogens (primary N) is 1. The van der Waals surface area contributed by atoms with Gasteiger partial charge in [0.2, 0.25) is 5.89 Å². The van der Waals surface area contributed by atoms with Gasteiger partial charge in [0, 0.05) is 24.2 Å². The van der Waals surface area contributed by atoms with E-state index in [-0.39, 0.29) is 12.0 Å². The summed E-state index contributed by atoms with van der Waals surface area (Å²) in [6.07, 6.45) is 0. The zero-order chi connectivity index (χ0) is 10.7. The molecule has 0 aliphatic carbocycles. The van der Waals surface area contributed by atoms with Crippen molar-refractivity contribution >= 4 is 11.8 Å². The Morgan fingerprint density at radius 1 is 1.60 bits per heavy atom. The summed E-state index contributed by atoms with van der Waals surface area (Å²) in [5, 5.41) is 3.86. The molecule has 0 saturated carbocycles. The smallest absolute Gasteiger partial charge is 0.232 e. The van der Waals surface area contributed by atoms with Crippen LogP contribution in [0.3, 0.4) is 0 Å². The molecule has 1 saturated heterocycles. The number of hydrogen-bond acceptors (Lipinski definition) is 6. The molecule has 0 radical (unpaired) electrons. The minimum Gasteiger partial charge on any atom is -0.374 e. The first-order valence-electron chi connectivity index (χ1n) is 5.04. The van der Waals surface area contributed by atoms with Gasteiger partial charge in [-0.15, -0.1) is 0 Å². The lowest BCUT2D eigenvalue weighted by Gasteiger charge is -2.07. The largest absolute Gasteiger partial charge is 0.374 e. The fourth-order valence-electron chi connectivity index (χ4n) is 1.50. The molecule has 2 atom stereocenters. The highest BCUT2D eigenvalue weighted by atomic mass is 32.2. The van der Waals surface area contributed by atoms with E-state index in [2.05, 4.69) is 10.1 Å². The van der Waals surface area contributed by atoms with Gasteiger partial charge in [-0.1, -0.05) is 5.16 Å². The lowest BCUT2D eigenvalue weighted by atomic mass is 10.1. The van der Waals surface area contributed by atoms with Crippen LogP contribution in [0.2, 0.25) is 0 Å². The van der Waals surface area contributed by atoms with Crippen molar-refractivity contribution < 1.29 is 9.26 Å². The molecule has 2 rings (SSSR count). The highest BCUT2D eigenvalue weighted by Crippen LogP contribution is 2.30. The molecule has 0 bridgehead atoms. The molecule has 84 valence electrons. The number of nitrogens with zero attached hydrogens (tertiary/aromatic N) is 2. The summed E-state index contributed by atoms with van der Waals surface area (Å²) in [5.41, 5.74) is 5.94. The molecule has 0 amide bonds. The molecule has 6 heteroatoms. The van der Waals surface area contributed by atoms with Crippen LogP contribution in [0, 0.1) is 0 Å². The molecular formula is C9H15N3O2S. The van der Waals surface area contributed by atoms with Gasteiger partial charge in [-0.25, -0.2) is 0 Å². The molecule has 1 fully saturated rings. The van der Waals surface area contributed by atoms with E-state index >= 15 is 0 Å². The van der Waals surface area contributed by atoms with Gasteiger partial charge in [-0.2, -0.15) is 16.7 Å². The Balaban J connectivity index is 1.99. The van der Waals surface area contributed by atoms with E-state index in [1.54, 1.807) is 0 Å². The van der Waals surface area contributed by atoms with Crippen LogP contribution < -0.4 is 5.73 Å². The Kier molecular flexibility index (Phi) is 3.61. The van der Waals surface area contributed by atoms with Crippen LogP contribution in [-0.2, 0) is 11.3 Å². The summed E-state index contributed by atoms with van der Waals surface area (Å²) < 4.78 is 10.4. The monoisotopic (exact) mass is 229 g/mol. The van der Waals surface area contributed by atoms with Crippen LogP contribution in [0.4, 0.5) is 0 Å². The molecule has 5 nitrogen and oxygen atoms in total. The van der Waals surface area contributed by atoms with E-state index in [1.165, 1.54) is 0 Å². The molecule has 0 aromatic carbocycles. The van der Waals surface area contributed by atoms with Crippen molar-refractivity contribution in [3.05, 3.63) is 11.7 Å². The van der Waals surface area contributed by atoms with Crippen molar-refractivity contribution in [1.29, 1.82) is 0 Å². The topological polar surface area (TPSA) is 74.2 Å². The Bertz CT molecular complexity index is 318. The lowest BCUT2D eigenvalue weighted by molar-refractivity contribution is 0.126. The quantitative estimate of drug-likeness (QED) is 0.821. The van der Waals surface area contributed by atoms with Gasteiger partial charge in [0.1, 0.15) is 6.61 Å².